The fraction of sp³-hybridized carbons (Fsp3) is 0.417. The summed E-state index contributed by atoms with van der Waals surface area (Å²) in [6.45, 7) is 2.33. The van der Waals surface area contributed by atoms with Crippen LogP contribution in [-0.4, -0.2) is 10.2 Å². The molecule has 0 saturated heterocycles. The van der Waals surface area contributed by atoms with E-state index in [9.17, 15) is 0 Å². The molecule has 0 spiro atoms. The molecule has 1 fully saturated rings. The molecule has 0 amide bonds. The summed E-state index contributed by atoms with van der Waals surface area (Å²) in [5, 5.41) is 8.85. The lowest BCUT2D eigenvalue weighted by molar-refractivity contribution is 0.266. The predicted molar refractivity (Wildman–Crippen MR) is 57.3 cm³/mol. The number of rotatable bonds is 1. The van der Waals surface area contributed by atoms with Crippen molar-refractivity contribution >= 4 is 10.9 Å². The summed E-state index contributed by atoms with van der Waals surface area (Å²) < 4.78 is 0. The van der Waals surface area contributed by atoms with E-state index < -0.39 is 0 Å². The maximum atomic E-state index is 4.34. The van der Waals surface area contributed by atoms with Crippen LogP contribution in [0.3, 0.4) is 0 Å². The normalized spacial score (nSPS) is 19.5. The number of benzene rings is 1. The van der Waals surface area contributed by atoms with Gasteiger partial charge in [0.1, 0.15) is 0 Å². The van der Waals surface area contributed by atoms with Crippen LogP contribution in [0, 0.1) is 0 Å². The molecular weight excluding hydrogens is 172 g/mol. The lowest BCUT2D eigenvalue weighted by Gasteiger charge is -2.37. The molecular formula is C12H14N2. The SMILES string of the molecule is CC1(c2[nH]nc3ccccc23)CCC1. The number of nitrogens with zero attached hydrogens (tertiary/aromatic N) is 1. The van der Waals surface area contributed by atoms with Gasteiger partial charge in [0.15, 0.2) is 0 Å². The van der Waals surface area contributed by atoms with Gasteiger partial charge in [-0.1, -0.05) is 31.5 Å². The zero-order valence-electron chi connectivity index (χ0n) is 8.38. The third-order valence-electron chi connectivity index (χ3n) is 3.52. The molecule has 3 rings (SSSR count). The molecule has 1 heterocycles. The zero-order chi connectivity index (χ0) is 9.60. The Balaban J connectivity index is 2.22. The molecule has 0 bridgehead atoms. The molecule has 1 aliphatic carbocycles. The van der Waals surface area contributed by atoms with Gasteiger partial charge in [-0.05, 0) is 18.9 Å². The van der Waals surface area contributed by atoms with Crippen molar-refractivity contribution in [2.45, 2.75) is 31.6 Å². The van der Waals surface area contributed by atoms with Crippen LogP contribution in [0.5, 0.6) is 0 Å². The summed E-state index contributed by atoms with van der Waals surface area (Å²) >= 11 is 0. The minimum Gasteiger partial charge on any atom is -0.281 e. The molecule has 1 N–H and O–H groups in total. The Bertz CT molecular complexity index is 466. The molecule has 14 heavy (non-hydrogen) atoms. The van der Waals surface area contributed by atoms with Gasteiger partial charge in [0.2, 0.25) is 0 Å². The fourth-order valence-electron chi connectivity index (χ4n) is 2.38. The van der Waals surface area contributed by atoms with E-state index in [2.05, 4.69) is 35.3 Å². The minimum absolute atomic E-state index is 0.357. The van der Waals surface area contributed by atoms with E-state index >= 15 is 0 Å². The van der Waals surface area contributed by atoms with Gasteiger partial charge in [0.05, 0.1) is 5.52 Å². The molecule has 2 heteroatoms. The van der Waals surface area contributed by atoms with Gasteiger partial charge in [-0.3, -0.25) is 5.10 Å². The zero-order valence-corrected chi connectivity index (χ0v) is 8.38. The number of aromatic amines is 1. The maximum absolute atomic E-state index is 4.34. The first kappa shape index (κ1) is 8.04. The monoisotopic (exact) mass is 186 g/mol. The Morgan fingerprint density at radius 1 is 1.29 bits per heavy atom. The number of para-hydroxylation sites is 1. The van der Waals surface area contributed by atoms with Crippen molar-refractivity contribution in [3.8, 4) is 0 Å². The second-order valence-electron chi connectivity index (χ2n) is 4.53. The average Bonchev–Trinajstić information content (AvgIpc) is 2.58. The summed E-state index contributed by atoms with van der Waals surface area (Å²) in [6.07, 6.45) is 3.93. The highest BCUT2D eigenvalue weighted by molar-refractivity contribution is 5.82. The van der Waals surface area contributed by atoms with E-state index in [0.717, 1.165) is 5.52 Å². The van der Waals surface area contributed by atoms with E-state index in [4.69, 9.17) is 0 Å². The van der Waals surface area contributed by atoms with Crippen molar-refractivity contribution in [1.82, 2.24) is 10.2 Å². The van der Waals surface area contributed by atoms with Crippen molar-refractivity contribution in [2.24, 2.45) is 0 Å². The van der Waals surface area contributed by atoms with Gasteiger partial charge >= 0.3 is 0 Å². The molecule has 2 nitrogen and oxygen atoms in total. The van der Waals surface area contributed by atoms with Crippen LogP contribution in [0.2, 0.25) is 0 Å². The summed E-state index contributed by atoms with van der Waals surface area (Å²) in [5.41, 5.74) is 2.78. The first-order chi connectivity index (χ1) is 6.80. The van der Waals surface area contributed by atoms with Gasteiger partial charge in [-0.2, -0.15) is 5.10 Å². The smallest absolute Gasteiger partial charge is 0.0923 e. The Morgan fingerprint density at radius 3 is 2.79 bits per heavy atom. The highest BCUT2D eigenvalue weighted by Crippen LogP contribution is 2.44. The van der Waals surface area contributed by atoms with Gasteiger partial charge in [0.25, 0.3) is 0 Å². The highest BCUT2D eigenvalue weighted by atomic mass is 15.1. The number of hydrogen-bond donors (Lipinski definition) is 1. The van der Waals surface area contributed by atoms with Crippen molar-refractivity contribution in [3.63, 3.8) is 0 Å². The van der Waals surface area contributed by atoms with Gasteiger partial charge in [-0.15, -0.1) is 0 Å². The van der Waals surface area contributed by atoms with E-state index in [1.165, 1.54) is 30.3 Å². The highest BCUT2D eigenvalue weighted by Gasteiger charge is 2.36. The second kappa shape index (κ2) is 2.59. The van der Waals surface area contributed by atoms with E-state index in [1.807, 2.05) is 6.07 Å². The first-order valence-corrected chi connectivity index (χ1v) is 5.23. The molecule has 1 aliphatic rings. The number of nitrogens with one attached hydrogen (secondary N) is 1. The fourth-order valence-corrected chi connectivity index (χ4v) is 2.38. The lowest BCUT2D eigenvalue weighted by atomic mass is 9.67. The summed E-state index contributed by atoms with van der Waals surface area (Å²) in [7, 11) is 0. The van der Waals surface area contributed by atoms with Crippen LogP contribution in [-0.2, 0) is 5.41 Å². The van der Waals surface area contributed by atoms with Crippen LogP contribution >= 0.6 is 0 Å². The Labute approximate surface area is 83.3 Å². The molecule has 72 valence electrons. The maximum Gasteiger partial charge on any atom is 0.0923 e. The molecule has 0 unspecified atom stereocenters. The van der Waals surface area contributed by atoms with Crippen LogP contribution < -0.4 is 0 Å². The van der Waals surface area contributed by atoms with Crippen molar-refractivity contribution in [2.75, 3.05) is 0 Å². The van der Waals surface area contributed by atoms with Crippen molar-refractivity contribution in [1.29, 1.82) is 0 Å². The third kappa shape index (κ3) is 0.939. The number of fused-ring (bicyclic) bond motifs is 1. The Kier molecular flexibility index (Phi) is 1.49. The van der Waals surface area contributed by atoms with E-state index in [1.54, 1.807) is 0 Å². The molecule has 1 aromatic heterocycles. The quantitative estimate of drug-likeness (QED) is 0.728. The van der Waals surface area contributed by atoms with Gasteiger partial charge < -0.3 is 0 Å². The topological polar surface area (TPSA) is 28.7 Å². The van der Waals surface area contributed by atoms with Crippen molar-refractivity contribution in [3.05, 3.63) is 30.0 Å². The van der Waals surface area contributed by atoms with Gasteiger partial charge in [0, 0.05) is 16.5 Å². The molecule has 1 saturated carbocycles. The summed E-state index contributed by atoms with van der Waals surface area (Å²) in [5.74, 6) is 0. The lowest BCUT2D eigenvalue weighted by Crippen LogP contribution is -2.30. The van der Waals surface area contributed by atoms with E-state index in [0.29, 0.717) is 5.41 Å². The number of H-pyrrole nitrogens is 1. The largest absolute Gasteiger partial charge is 0.281 e. The average molecular weight is 186 g/mol. The molecule has 2 aromatic rings. The molecule has 0 radical (unpaired) electrons. The molecule has 1 aromatic carbocycles. The van der Waals surface area contributed by atoms with E-state index in [-0.39, 0.29) is 0 Å². The van der Waals surface area contributed by atoms with Crippen LogP contribution in [0.15, 0.2) is 24.3 Å². The van der Waals surface area contributed by atoms with Crippen LogP contribution in [0.1, 0.15) is 31.9 Å². The Morgan fingerprint density at radius 2 is 2.07 bits per heavy atom. The van der Waals surface area contributed by atoms with Crippen molar-refractivity contribution < 1.29 is 0 Å². The minimum atomic E-state index is 0.357. The third-order valence-corrected chi connectivity index (χ3v) is 3.52. The summed E-state index contributed by atoms with van der Waals surface area (Å²) in [4.78, 5) is 0. The number of aromatic nitrogens is 2. The Hall–Kier alpha value is -1.31. The summed E-state index contributed by atoms with van der Waals surface area (Å²) in [6, 6.07) is 8.36. The van der Waals surface area contributed by atoms with Crippen LogP contribution in [0.4, 0.5) is 0 Å². The van der Waals surface area contributed by atoms with Gasteiger partial charge in [-0.25, -0.2) is 0 Å². The standard InChI is InChI=1S/C12H14N2/c1-12(7-4-8-12)11-9-5-2-3-6-10(9)13-14-11/h2-3,5-6H,4,7-8H2,1H3,(H,13,14). The predicted octanol–water partition coefficient (Wildman–Crippen LogP) is 3.00. The number of hydrogen-bond acceptors (Lipinski definition) is 1. The van der Waals surface area contributed by atoms with Crippen LogP contribution in [0.25, 0.3) is 10.9 Å². The first-order valence-electron chi connectivity index (χ1n) is 5.23. The second-order valence-corrected chi connectivity index (χ2v) is 4.53. The molecule has 0 aliphatic heterocycles. The molecule has 0 atom stereocenters.